The van der Waals surface area contributed by atoms with Crippen molar-refractivity contribution in [2.45, 2.75) is 26.4 Å². The molecule has 22 heavy (non-hydrogen) atoms. The van der Waals surface area contributed by atoms with Crippen LogP contribution in [0.5, 0.6) is 0 Å². The van der Waals surface area contributed by atoms with Gasteiger partial charge in [-0.1, -0.05) is 0 Å². The highest BCUT2D eigenvalue weighted by atomic mass is 19.1. The van der Waals surface area contributed by atoms with Crippen LogP contribution in [0, 0.1) is 5.82 Å². The number of benzene rings is 1. The molecule has 0 bridgehead atoms. The zero-order chi connectivity index (χ0) is 16.3. The van der Waals surface area contributed by atoms with Gasteiger partial charge in [-0.25, -0.2) is 9.07 Å². The summed E-state index contributed by atoms with van der Waals surface area (Å²) in [5.41, 5.74) is -0.00743. The van der Waals surface area contributed by atoms with Crippen LogP contribution in [-0.4, -0.2) is 44.4 Å². The van der Waals surface area contributed by atoms with Gasteiger partial charge >= 0.3 is 0 Å². The highest BCUT2D eigenvalue weighted by Crippen LogP contribution is 2.12. The van der Waals surface area contributed by atoms with Gasteiger partial charge in [-0.05, 0) is 51.1 Å². The van der Waals surface area contributed by atoms with Gasteiger partial charge in [0, 0.05) is 19.3 Å². The Morgan fingerprint density at radius 1 is 1.32 bits per heavy atom. The summed E-state index contributed by atoms with van der Waals surface area (Å²) in [6.45, 7) is 5.86. The quantitative estimate of drug-likeness (QED) is 0.921. The van der Waals surface area contributed by atoms with Gasteiger partial charge in [0.1, 0.15) is 5.82 Å². The van der Waals surface area contributed by atoms with Crippen molar-refractivity contribution in [3.63, 3.8) is 0 Å². The lowest BCUT2D eigenvalue weighted by molar-refractivity contribution is 0.0311. The summed E-state index contributed by atoms with van der Waals surface area (Å²) >= 11 is 0. The molecule has 0 aliphatic heterocycles. The molecule has 5 nitrogen and oxygen atoms in total. The molecule has 0 unspecified atom stereocenters. The predicted octanol–water partition coefficient (Wildman–Crippen LogP) is 2.24. The molecule has 2 aromatic rings. The fraction of sp³-hybridized carbons (Fsp3) is 0.375. The molecule has 118 valence electrons. The minimum atomic E-state index is -0.967. The number of hydrogen-bond acceptors (Lipinski definition) is 3. The van der Waals surface area contributed by atoms with Gasteiger partial charge in [-0.2, -0.15) is 5.10 Å². The van der Waals surface area contributed by atoms with Crippen molar-refractivity contribution in [2.75, 3.05) is 13.1 Å². The third-order valence-corrected chi connectivity index (χ3v) is 3.15. The van der Waals surface area contributed by atoms with E-state index in [4.69, 9.17) is 0 Å². The van der Waals surface area contributed by atoms with E-state index in [9.17, 15) is 14.3 Å². The molecule has 1 amide bonds. The van der Waals surface area contributed by atoms with Crippen LogP contribution in [0.25, 0.3) is 5.69 Å². The predicted molar refractivity (Wildman–Crippen MR) is 81.4 cm³/mol. The third kappa shape index (κ3) is 3.92. The number of rotatable bonds is 5. The van der Waals surface area contributed by atoms with Crippen molar-refractivity contribution in [2.24, 2.45) is 0 Å². The Morgan fingerprint density at radius 3 is 2.50 bits per heavy atom. The second-order valence-corrected chi connectivity index (χ2v) is 5.75. The third-order valence-electron chi connectivity index (χ3n) is 3.15. The summed E-state index contributed by atoms with van der Waals surface area (Å²) in [5.74, 6) is -0.569. The first kappa shape index (κ1) is 16.2. The van der Waals surface area contributed by atoms with Crippen LogP contribution in [0.15, 0.2) is 36.5 Å². The maximum atomic E-state index is 12.9. The summed E-state index contributed by atoms with van der Waals surface area (Å²) < 4.78 is 14.4. The molecule has 0 spiro atoms. The average molecular weight is 305 g/mol. The zero-order valence-corrected chi connectivity index (χ0v) is 13.0. The molecule has 0 aliphatic rings. The number of amides is 1. The molecular formula is C16H20FN3O2. The highest BCUT2D eigenvalue weighted by Gasteiger charge is 2.23. The molecule has 0 saturated carbocycles. The molecule has 2 rings (SSSR count). The fourth-order valence-electron chi connectivity index (χ4n) is 2.13. The molecule has 1 heterocycles. The lowest BCUT2D eigenvalue weighted by Crippen LogP contribution is -2.42. The fourth-order valence-corrected chi connectivity index (χ4v) is 2.13. The highest BCUT2D eigenvalue weighted by molar-refractivity contribution is 5.92. The van der Waals surface area contributed by atoms with E-state index >= 15 is 0 Å². The minimum absolute atomic E-state index is 0.228. The second kappa shape index (κ2) is 6.27. The van der Waals surface area contributed by atoms with Crippen LogP contribution >= 0.6 is 0 Å². The molecule has 1 aromatic carbocycles. The first-order valence-corrected chi connectivity index (χ1v) is 7.13. The van der Waals surface area contributed by atoms with Crippen molar-refractivity contribution in [1.29, 1.82) is 0 Å². The Bertz CT molecular complexity index is 644. The molecule has 0 atom stereocenters. The minimum Gasteiger partial charge on any atom is -0.389 e. The smallest absolute Gasteiger partial charge is 0.274 e. The Labute approximate surface area is 129 Å². The Hall–Kier alpha value is -2.21. The topological polar surface area (TPSA) is 58.4 Å². The first-order valence-electron chi connectivity index (χ1n) is 7.13. The molecule has 0 saturated heterocycles. The van der Waals surface area contributed by atoms with E-state index < -0.39 is 5.60 Å². The van der Waals surface area contributed by atoms with Crippen LogP contribution in [-0.2, 0) is 0 Å². The van der Waals surface area contributed by atoms with Crippen LogP contribution in [0.3, 0.4) is 0 Å². The summed E-state index contributed by atoms with van der Waals surface area (Å²) in [6.07, 6.45) is 1.65. The molecule has 1 aromatic heterocycles. The van der Waals surface area contributed by atoms with Gasteiger partial charge in [-0.15, -0.1) is 0 Å². The lowest BCUT2D eigenvalue weighted by Gasteiger charge is -2.27. The van der Waals surface area contributed by atoms with Crippen LogP contribution < -0.4 is 0 Å². The Morgan fingerprint density at radius 2 is 1.95 bits per heavy atom. The van der Waals surface area contributed by atoms with E-state index in [1.165, 1.54) is 21.7 Å². The van der Waals surface area contributed by atoms with E-state index in [1.54, 1.807) is 38.2 Å². The molecule has 1 N–H and O–H groups in total. The number of halogens is 1. The number of aliphatic hydroxyl groups is 1. The first-order chi connectivity index (χ1) is 10.3. The molecule has 0 aliphatic carbocycles. The van der Waals surface area contributed by atoms with Gasteiger partial charge in [0.05, 0.1) is 11.3 Å². The van der Waals surface area contributed by atoms with E-state index in [0.717, 1.165) is 0 Å². The molecule has 0 fully saturated rings. The van der Waals surface area contributed by atoms with Gasteiger partial charge in [0.15, 0.2) is 5.69 Å². The van der Waals surface area contributed by atoms with Crippen molar-refractivity contribution in [3.8, 4) is 5.69 Å². The number of aromatic nitrogens is 2. The molecule has 0 radical (unpaired) electrons. The van der Waals surface area contributed by atoms with Crippen molar-refractivity contribution >= 4 is 5.91 Å². The van der Waals surface area contributed by atoms with E-state index in [-0.39, 0.29) is 24.0 Å². The Kier molecular flexibility index (Phi) is 4.61. The zero-order valence-electron chi connectivity index (χ0n) is 13.0. The summed E-state index contributed by atoms with van der Waals surface area (Å²) in [4.78, 5) is 14.0. The van der Waals surface area contributed by atoms with Gasteiger partial charge in [0.25, 0.3) is 5.91 Å². The van der Waals surface area contributed by atoms with Gasteiger partial charge in [-0.3, -0.25) is 4.79 Å². The maximum absolute atomic E-state index is 12.9. The largest absolute Gasteiger partial charge is 0.389 e. The summed E-state index contributed by atoms with van der Waals surface area (Å²) in [5, 5.41) is 14.1. The maximum Gasteiger partial charge on any atom is 0.274 e. The van der Waals surface area contributed by atoms with Gasteiger partial charge in [0.2, 0.25) is 0 Å². The van der Waals surface area contributed by atoms with Crippen molar-refractivity contribution < 1.29 is 14.3 Å². The van der Waals surface area contributed by atoms with E-state index in [2.05, 4.69) is 5.10 Å². The molecule has 6 heteroatoms. The standard InChI is InChI=1S/C16H20FN3O2/c1-4-19(11-16(2,3)22)15(21)14-9-10-20(18-14)13-7-5-12(17)6-8-13/h5-10,22H,4,11H2,1-3H3. The number of hydrogen-bond donors (Lipinski definition) is 1. The van der Waals surface area contributed by atoms with E-state index in [0.29, 0.717) is 12.2 Å². The van der Waals surface area contributed by atoms with Gasteiger partial charge < -0.3 is 10.0 Å². The SMILES string of the molecule is CCN(CC(C)(C)O)C(=O)c1ccn(-c2ccc(F)cc2)n1. The van der Waals surface area contributed by atoms with E-state index in [1.807, 2.05) is 6.92 Å². The normalized spacial score (nSPS) is 11.5. The molecular weight excluding hydrogens is 285 g/mol. The number of nitrogens with zero attached hydrogens (tertiary/aromatic N) is 3. The monoisotopic (exact) mass is 305 g/mol. The number of carbonyl (C=O) groups is 1. The van der Waals surface area contributed by atoms with Crippen molar-refractivity contribution in [1.82, 2.24) is 14.7 Å². The van der Waals surface area contributed by atoms with Crippen LogP contribution in [0.4, 0.5) is 4.39 Å². The summed E-state index contributed by atoms with van der Waals surface area (Å²) in [6, 6.07) is 7.46. The number of likely N-dealkylation sites (N-methyl/N-ethyl adjacent to an activating group) is 1. The van der Waals surface area contributed by atoms with Crippen LogP contribution in [0.1, 0.15) is 31.3 Å². The Balaban J connectivity index is 2.19. The number of carbonyl (C=O) groups excluding carboxylic acids is 1. The second-order valence-electron chi connectivity index (χ2n) is 5.75. The summed E-state index contributed by atoms with van der Waals surface area (Å²) in [7, 11) is 0. The van der Waals surface area contributed by atoms with Crippen molar-refractivity contribution in [3.05, 3.63) is 48.0 Å². The average Bonchev–Trinajstić information content (AvgIpc) is 2.93. The van der Waals surface area contributed by atoms with Crippen LogP contribution in [0.2, 0.25) is 0 Å². The lowest BCUT2D eigenvalue weighted by atomic mass is 10.1.